The Morgan fingerprint density at radius 1 is 1.32 bits per heavy atom. The topological polar surface area (TPSA) is 53.4 Å². The molecule has 2 atom stereocenters. The summed E-state index contributed by atoms with van der Waals surface area (Å²) in [7, 11) is 0. The van der Waals surface area contributed by atoms with E-state index >= 15 is 0 Å². The van der Waals surface area contributed by atoms with Crippen LogP contribution in [0, 0.1) is 11.8 Å². The molecule has 1 N–H and O–H groups in total. The van der Waals surface area contributed by atoms with Crippen molar-refractivity contribution in [3.8, 4) is 0 Å². The van der Waals surface area contributed by atoms with E-state index in [2.05, 4.69) is 4.98 Å². The molecular formula is C13H14F2N2O2. The molecule has 2 bridgehead atoms. The minimum atomic E-state index is -1.25. The minimum absolute atomic E-state index is 0.0723. The molecule has 19 heavy (non-hydrogen) atoms. The third-order valence-electron chi connectivity index (χ3n) is 4.02. The van der Waals surface area contributed by atoms with E-state index in [1.807, 2.05) is 0 Å². The van der Waals surface area contributed by atoms with E-state index in [0.29, 0.717) is 12.8 Å². The summed E-state index contributed by atoms with van der Waals surface area (Å²) in [5.74, 6) is -2.95. The fraction of sp³-hybridized carbons (Fsp3) is 0.538. The van der Waals surface area contributed by atoms with Crippen LogP contribution in [0.3, 0.4) is 0 Å². The largest absolute Gasteiger partial charge is 0.393 e. The zero-order valence-corrected chi connectivity index (χ0v) is 10.2. The van der Waals surface area contributed by atoms with Gasteiger partial charge in [0.1, 0.15) is 0 Å². The Balaban J connectivity index is 1.91. The second-order valence-electron chi connectivity index (χ2n) is 5.19. The predicted molar refractivity (Wildman–Crippen MR) is 62.4 cm³/mol. The Labute approximate surface area is 109 Å². The smallest absolute Gasteiger partial charge is 0.257 e. The van der Waals surface area contributed by atoms with Gasteiger partial charge in [-0.1, -0.05) is 0 Å². The standard InChI is InChI=1S/C13H14F2N2O2/c14-11-10(3-4-16-12(11)15)13(19)17-7-1-2-8(17)6-9(18)5-7/h3-4,7-9,18H,1-2,5-6H2. The Hall–Kier alpha value is -1.56. The molecule has 3 rings (SSSR count). The van der Waals surface area contributed by atoms with Crippen LogP contribution in [0.25, 0.3) is 0 Å². The van der Waals surface area contributed by atoms with Gasteiger partial charge in [-0.3, -0.25) is 4.79 Å². The van der Waals surface area contributed by atoms with E-state index < -0.39 is 23.8 Å². The molecule has 1 aromatic rings. The van der Waals surface area contributed by atoms with Crippen molar-refractivity contribution in [2.45, 2.75) is 43.9 Å². The average Bonchev–Trinajstić information content (AvgIpc) is 2.64. The van der Waals surface area contributed by atoms with E-state index in [-0.39, 0.29) is 17.6 Å². The van der Waals surface area contributed by atoms with Crippen LogP contribution < -0.4 is 0 Å². The van der Waals surface area contributed by atoms with Crippen molar-refractivity contribution >= 4 is 5.91 Å². The number of rotatable bonds is 1. The average molecular weight is 268 g/mol. The Morgan fingerprint density at radius 2 is 1.95 bits per heavy atom. The highest BCUT2D eigenvalue weighted by Gasteiger charge is 2.43. The second-order valence-corrected chi connectivity index (χ2v) is 5.19. The van der Waals surface area contributed by atoms with Gasteiger partial charge in [0.15, 0.2) is 5.82 Å². The number of fused-ring (bicyclic) bond motifs is 2. The van der Waals surface area contributed by atoms with Gasteiger partial charge in [-0.05, 0) is 31.7 Å². The van der Waals surface area contributed by atoms with Crippen LogP contribution in [0.15, 0.2) is 12.3 Å². The van der Waals surface area contributed by atoms with E-state index in [4.69, 9.17) is 0 Å². The number of pyridine rings is 1. The molecule has 2 aliphatic heterocycles. The van der Waals surface area contributed by atoms with Gasteiger partial charge in [0.25, 0.3) is 5.91 Å². The molecule has 2 saturated heterocycles. The van der Waals surface area contributed by atoms with Crippen LogP contribution in [0.5, 0.6) is 0 Å². The van der Waals surface area contributed by atoms with Gasteiger partial charge in [0, 0.05) is 18.3 Å². The lowest BCUT2D eigenvalue weighted by molar-refractivity contribution is 0.0282. The number of nitrogens with zero attached hydrogens (tertiary/aromatic N) is 2. The Kier molecular flexibility index (Phi) is 2.97. The molecule has 2 fully saturated rings. The second kappa shape index (κ2) is 4.52. The van der Waals surface area contributed by atoms with Crippen molar-refractivity contribution in [2.24, 2.45) is 0 Å². The number of carbonyl (C=O) groups is 1. The normalized spacial score (nSPS) is 29.6. The zero-order valence-electron chi connectivity index (χ0n) is 10.2. The lowest BCUT2D eigenvalue weighted by Crippen LogP contribution is -2.48. The quantitative estimate of drug-likeness (QED) is 0.785. The van der Waals surface area contributed by atoms with Crippen molar-refractivity contribution in [1.82, 2.24) is 9.88 Å². The van der Waals surface area contributed by atoms with E-state index in [1.165, 1.54) is 6.07 Å². The predicted octanol–water partition coefficient (Wildman–Crippen LogP) is 1.49. The number of aromatic nitrogens is 1. The van der Waals surface area contributed by atoms with Crippen molar-refractivity contribution in [1.29, 1.82) is 0 Å². The van der Waals surface area contributed by atoms with E-state index in [9.17, 15) is 18.7 Å². The van der Waals surface area contributed by atoms with Gasteiger partial charge >= 0.3 is 0 Å². The summed E-state index contributed by atoms with van der Waals surface area (Å²) in [5, 5.41) is 9.68. The van der Waals surface area contributed by atoms with Crippen LogP contribution >= 0.6 is 0 Å². The highest BCUT2D eigenvalue weighted by molar-refractivity contribution is 5.95. The summed E-state index contributed by atoms with van der Waals surface area (Å²) in [6.45, 7) is 0. The summed E-state index contributed by atoms with van der Waals surface area (Å²) in [6, 6.07) is 1.05. The Bertz CT molecular complexity index is 509. The first kappa shape index (κ1) is 12.5. The summed E-state index contributed by atoms with van der Waals surface area (Å²) in [6.07, 6.45) is 3.33. The molecule has 3 heterocycles. The Morgan fingerprint density at radius 3 is 2.58 bits per heavy atom. The van der Waals surface area contributed by atoms with Crippen molar-refractivity contribution in [3.05, 3.63) is 29.6 Å². The molecule has 6 heteroatoms. The third-order valence-corrected chi connectivity index (χ3v) is 4.02. The number of hydrogen-bond donors (Lipinski definition) is 1. The lowest BCUT2D eigenvalue weighted by atomic mass is 9.99. The molecule has 0 aromatic carbocycles. The van der Waals surface area contributed by atoms with E-state index in [0.717, 1.165) is 19.0 Å². The molecule has 1 aromatic heterocycles. The maximum absolute atomic E-state index is 13.6. The van der Waals surface area contributed by atoms with Crippen LogP contribution in [0.2, 0.25) is 0 Å². The number of aliphatic hydroxyl groups is 1. The number of carbonyl (C=O) groups excluding carboxylic acids is 1. The van der Waals surface area contributed by atoms with Crippen LogP contribution in [-0.4, -0.2) is 39.1 Å². The van der Waals surface area contributed by atoms with Crippen molar-refractivity contribution in [2.75, 3.05) is 0 Å². The molecular weight excluding hydrogens is 254 g/mol. The first-order valence-corrected chi connectivity index (χ1v) is 6.38. The highest BCUT2D eigenvalue weighted by atomic mass is 19.2. The SMILES string of the molecule is O=C(c1ccnc(F)c1F)N1C2CCC1CC(O)C2. The van der Waals surface area contributed by atoms with Gasteiger partial charge in [-0.2, -0.15) is 4.39 Å². The summed E-state index contributed by atoms with van der Waals surface area (Å²) >= 11 is 0. The molecule has 1 amide bonds. The molecule has 2 aliphatic rings. The van der Waals surface area contributed by atoms with Crippen LogP contribution in [0.1, 0.15) is 36.0 Å². The molecule has 0 aliphatic carbocycles. The highest BCUT2D eigenvalue weighted by Crippen LogP contribution is 2.37. The zero-order chi connectivity index (χ0) is 13.6. The maximum atomic E-state index is 13.6. The first-order valence-electron chi connectivity index (χ1n) is 6.38. The third kappa shape index (κ3) is 2.00. The monoisotopic (exact) mass is 268 g/mol. The summed E-state index contributed by atoms with van der Waals surface area (Å²) < 4.78 is 26.7. The maximum Gasteiger partial charge on any atom is 0.257 e. The molecule has 2 unspecified atom stereocenters. The van der Waals surface area contributed by atoms with Gasteiger partial charge < -0.3 is 10.0 Å². The lowest BCUT2D eigenvalue weighted by Gasteiger charge is -2.37. The number of aliphatic hydroxyl groups excluding tert-OH is 1. The fourth-order valence-electron chi connectivity index (χ4n) is 3.20. The van der Waals surface area contributed by atoms with Crippen molar-refractivity contribution < 1.29 is 18.7 Å². The van der Waals surface area contributed by atoms with Gasteiger partial charge in [-0.15, -0.1) is 0 Å². The number of hydrogen-bond acceptors (Lipinski definition) is 3. The molecule has 102 valence electrons. The summed E-state index contributed by atoms with van der Waals surface area (Å²) in [4.78, 5) is 17.1. The fourth-order valence-corrected chi connectivity index (χ4v) is 3.20. The number of amides is 1. The minimum Gasteiger partial charge on any atom is -0.393 e. The summed E-state index contributed by atoms with van der Waals surface area (Å²) in [5.41, 5.74) is -0.277. The number of piperidine rings is 1. The van der Waals surface area contributed by atoms with E-state index in [1.54, 1.807) is 4.90 Å². The van der Waals surface area contributed by atoms with Crippen LogP contribution in [0.4, 0.5) is 8.78 Å². The molecule has 0 radical (unpaired) electrons. The van der Waals surface area contributed by atoms with Gasteiger partial charge in [0.2, 0.25) is 5.95 Å². The number of halogens is 2. The molecule has 4 nitrogen and oxygen atoms in total. The molecule has 0 spiro atoms. The van der Waals surface area contributed by atoms with Crippen LogP contribution in [-0.2, 0) is 0 Å². The van der Waals surface area contributed by atoms with Crippen molar-refractivity contribution in [3.63, 3.8) is 0 Å². The van der Waals surface area contributed by atoms with Gasteiger partial charge in [-0.25, -0.2) is 9.37 Å². The molecule has 0 saturated carbocycles. The van der Waals surface area contributed by atoms with Gasteiger partial charge in [0.05, 0.1) is 11.7 Å². The first-order chi connectivity index (χ1) is 9.08.